The number of carbonyl (C=O) groups is 1. The highest BCUT2D eigenvalue weighted by molar-refractivity contribution is 6.12. The van der Waals surface area contributed by atoms with Gasteiger partial charge in [-0.15, -0.1) is 0 Å². The van der Waals surface area contributed by atoms with Crippen LogP contribution in [0.3, 0.4) is 0 Å². The monoisotopic (exact) mass is 435 g/mol. The van der Waals surface area contributed by atoms with E-state index in [1.165, 1.54) is 6.07 Å². The Balaban J connectivity index is 1.77. The van der Waals surface area contributed by atoms with E-state index < -0.39 is 6.17 Å². The van der Waals surface area contributed by atoms with E-state index in [2.05, 4.69) is 4.90 Å². The van der Waals surface area contributed by atoms with Gasteiger partial charge in [0, 0.05) is 18.3 Å². The molecule has 4 aromatic rings. The summed E-state index contributed by atoms with van der Waals surface area (Å²) in [6.07, 6.45) is -0.698. The highest BCUT2D eigenvalue weighted by atomic mass is 16.6. The Morgan fingerprint density at radius 1 is 0.758 bits per heavy atom. The zero-order valence-electron chi connectivity index (χ0n) is 17.7. The minimum absolute atomic E-state index is 0.0197. The third kappa shape index (κ3) is 3.72. The molecular weight excluding hydrogens is 414 g/mol. The van der Waals surface area contributed by atoms with Gasteiger partial charge >= 0.3 is 0 Å². The van der Waals surface area contributed by atoms with Crippen LogP contribution in [0.2, 0.25) is 0 Å². The van der Waals surface area contributed by atoms with Crippen LogP contribution in [-0.2, 0) is 6.54 Å². The summed E-state index contributed by atoms with van der Waals surface area (Å²) in [5.74, 6) is -0.190. The standard InChI is InChI=1S/C27H21N3O3/c31-27-23-16-8-9-17-24(23)28(19-20-11-3-1-4-12-20)26(29(27)21-13-5-2-6-14-21)22-15-7-10-18-25(22)30(32)33/h1-18,26H,19H2/t26-/m0/s1. The van der Waals surface area contributed by atoms with Gasteiger partial charge in [0.05, 0.1) is 21.7 Å². The SMILES string of the molecule is O=C1c2ccccc2N(Cc2ccccc2)[C@H](c2ccccc2[N+](=O)[O-])N1c1ccccc1. The smallest absolute Gasteiger partial charge is 0.276 e. The predicted molar refractivity (Wildman–Crippen MR) is 128 cm³/mol. The number of hydrogen-bond acceptors (Lipinski definition) is 4. The van der Waals surface area contributed by atoms with Crippen LogP contribution in [0.15, 0.2) is 109 Å². The van der Waals surface area contributed by atoms with Crippen molar-refractivity contribution in [2.75, 3.05) is 9.80 Å². The van der Waals surface area contributed by atoms with Gasteiger partial charge in [-0.25, -0.2) is 0 Å². The lowest BCUT2D eigenvalue weighted by molar-refractivity contribution is -0.385. The Morgan fingerprint density at radius 3 is 2.09 bits per heavy atom. The Kier molecular flexibility index (Phi) is 5.32. The molecule has 5 rings (SSSR count). The number of rotatable bonds is 5. The van der Waals surface area contributed by atoms with Gasteiger partial charge in [-0.2, -0.15) is 0 Å². The second kappa shape index (κ2) is 8.59. The first-order chi connectivity index (χ1) is 16.1. The first-order valence-corrected chi connectivity index (χ1v) is 10.7. The van der Waals surface area contributed by atoms with E-state index in [4.69, 9.17) is 0 Å². The van der Waals surface area contributed by atoms with Gasteiger partial charge in [0.1, 0.15) is 6.17 Å². The fourth-order valence-corrected chi connectivity index (χ4v) is 4.39. The van der Waals surface area contributed by atoms with Crippen molar-refractivity contribution in [3.63, 3.8) is 0 Å². The van der Waals surface area contributed by atoms with Crippen molar-refractivity contribution in [1.82, 2.24) is 0 Å². The molecule has 0 unspecified atom stereocenters. The largest absolute Gasteiger partial charge is 0.342 e. The number of anilines is 2. The Hall–Kier alpha value is -4.45. The Morgan fingerprint density at radius 2 is 1.36 bits per heavy atom. The minimum Gasteiger partial charge on any atom is -0.342 e. The molecule has 0 fully saturated rings. The van der Waals surface area contributed by atoms with Gasteiger partial charge in [-0.1, -0.05) is 72.8 Å². The van der Waals surface area contributed by atoms with Crippen LogP contribution in [0.1, 0.15) is 27.7 Å². The van der Waals surface area contributed by atoms with E-state index in [0.29, 0.717) is 23.4 Å². The van der Waals surface area contributed by atoms with Crippen molar-refractivity contribution in [1.29, 1.82) is 0 Å². The summed E-state index contributed by atoms with van der Waals surface area (Å²) in [4.78, 5) is 29.1. The van der Waals surface area contributed by atoms with Gasteiger partial charge in [-0.3, -0.25) is 19.8 Å². The number of amides is 1. The summed E-state index contributed by atoms with van der Waals surface area (Å²) in [5, 5.41) is 12.0. The molecule has 33 heavy (non-hydrogen) atoms. The molecule has 0 aromatic heterocycles. The van der Waals surface area contributed by atoms with Crippen molar-refractivity contribution in [2.45, 2.75) is 12.7 Å². The molecule has 1 amide bonds. The molecule has 0 spiro atoms. The lowest BCUT2D eigenvalue weighted by Crippen LogP contribution is -2.49. The van der Waals surface area contributed by atoms with Crippen molar-refractivity contribution < 1.29 is 9.72 Å². The maximum absolute atomic E-state index is 13.8. The van der Waals surface area contributed by atoms with Crippen LogP contribution in [0.25, 0.3) is 0 Å². The fourth-order valence-electron chi connectivity index (χ4n) is 4.39. The second-order valence-corrected chi connectivity index (χ2v) is 7.83. The summed E-state index contributed by atoms with van der Waals surface area (Å²) in [5.41, 5.74) is 3.48. The predicted octanol–water partition coefficient (Wildman–Crippen LogP) is 5.96. The molecule has 0 aliphatic carbocycles. The van der Waals surface area contributed by atoms with Gasteiger partial charge < -0.3 is 4.90 Å². The number of hydrogen-bond donors (Lipinski definition) is 0. The number of carbonyl (C=O) groups excluding carboxylic acids is 1. The summed E-state index contributed by atoms with van der Waals surface area (Å²) in [7, 11) is 0. The quantitative estimate of drug-likeness (QED) is 0.287. The van der Waals surface area contributed by atoms with E-state index >= 15 is 0 Å². The zero-order chi connectivity index (χ0) is 22.8. The van der Waals surface area contributed by atoms with Crippen LogP contribution in [0.5, 0.6) is 0 Å². The number of nitro benzene ring substituents is 1. The number of nitrogens with zero attached hydrogens (tertiary/aromatic N) is 3. The van der Waals surface area contributed by atoms with Gasteiger partial charge in [0.2, 0.25) is 0 Å². The summed E-state index contributed by atoms with van der Waals surface area (Å²) >= 11 is 0. The summed E-state index contributed by atoms with van der Waals surface area (Å²) < 4.78 is 0. The average molecular weight is 435 g/mol. The first-order valence-electron chi connectivity index (χ1n) is 10.7. The van der Waals surface area contributed by atoms with Crippen molar-refractivity contribution in [3.05, 3.63) is 136 Å². The maximum atomic E-state index is 13.8. The van der Waals surface area contributed by atoms with E-state index in [0.717, 1.165) is 11.3 Å². The molecule has 0 radical (unpaired) electrons. The molecule has 1 heterocycles. The molecule has 1 atom stereocenters. The maximum Gasteiger partial charge on any atom is 0.276 e. The number of fused-ring (bicyclic) bond motifs is 1. The second-order valence-electron chi connectivity index (χ2n) is 7.83. The molecule has 162 valence electrons. The van der Waals surface area contributed by atoms with E-state index in [-0.39, 0.29) is 16.5 Å². The first kappa shape index (κ1) is 20.5. The minimum atomic E-state index is -0.698. The van der Waals surface area contributed by atoms with E-state index in [1.807, 2.05) is 78.9 Å². The highest BCUT2D eigenvalue weighted by Crippen LogP contribution is 2.44. The van der Waals surface area contributed by atoms with Gasteiger partial charge in [0.15, 0.2) is 0 Å². The van der Waals surface area contributed by atoms with Crippen LogP contribution < -0.4 is 9.80 Å². The highest BCUT2D eigenvalue weighted by Gasteiger charge is 2.41. The number of para-hydroxylation sites is 3. The number of nitro groups is 1. The average Bonchev–Trinajstić information content (AvgIpc) is 2.86. The van der Waals surface area contributed by atoms with Crippen LogP contribution in [-0.4, -0.2) is 10.8 Å². The third-order valence-corrected chi connectivity index (χ3v) is 5.84. The molecule has 0 N–H and O–H groups in total. The Bertz CT molecular complexity index is 1310. The van der Waals surface area contributed by atoms with Crippen LogP contribution in [0.4, 0.5) is 17.1 Å². The summed E-state index contributed by atoms with van der Waals surface area (Å²) in [6, 6.07) is 33.3. The lowest BCUT2D eigenvalue weighted by Gasteiger charge is -2.45. The fraction of sp³-hybridized carbons (Fsp3) is 0.0741. The van der Waals surface area contributed by atoms with Crippen molar-refractivity contribution in [3.8, 4) is 0 Å². The molecule has 6 nitrogen and oxygen atoms in total. The van der Waals surface area contributed by atoms with Crippen molar-refractivity contribution >= 4 is 23.0 Å². The van der Waals surface area contributed by atoms with Gasteiger partial charge in [0.25, 0.3) is 11.6 Å². The molecule has 0 saturated heterocycles. The van der Waals surface area contributed by atoms with Crippen LogP contribution in [0, 0.1) is 10.1 Å². The van der Waals surface area contributed by atoms with E-state index in [1.54, 1.807) is 29.2 Å². The normalized spacial score (nSPS) is 15.3. The molecule has 0 bridgehead atoms. The number of benzene rings is 4. The molecule has 4 aromatic carbocycles. The molecular formula is C27H21N3O3. The zero-order valence-corrected chi connectivity index (χ0v) is 17.7. The van der Waals surface area contributed by atoms with Gasteiger partial charge in [-0.05, 0) is 35.9 Å². The molecule has 1 aliphatic heterocycles. The Labute approximate surface area is 191 Å². The van der Waals surface area contributed by atoms with Crippen molar-refractivity contribution in [2.24, 2.45) is 0 Å². The molecule has 6 heteroatoms. The van der Waals surface area contributed by atoms with Crippen LogP contribution >= 0.6 is 0 Å². The summed E-state index contributed by atoms with van der Waals surface area (Å²) in [6.45, 7) is 0.477. The van der Waals surface area contributed by atoms with E-state index in [9.17, 15) is 14.9 Å². The topological polar surface area (TPSA) is 66.7 Å². The molecule has 0 saturated carbocycles. The lowest BCUT2D eigenvalue weighted by atomic mass is 9.98. The third-order valence-electron chi connectivity index (χ3n) is 5.84. The molecule has 1 aliphatic rings.